The van der Waals surface area contributed by atoms with Gasteiger partial charge in [0.1, 0.15) is 5.75 Å². The molecule has 0 spiro atoms. The lowest BCUT2D eigenvalue weighted by Crippen LogP contribution is -2.36. The summed E-state index contributed by atoms with van der Waals surface area (Å²) in [5, 5.41) is 10.1. The molecule has 0 heterocycles. The van der Waals surface area contributed by atoms with Gasteiger partial charge in [0.25, 0.3) is 0 Å². The highest BCUT2D eigenvalue weighted by Crippen LogP contribution is 2.16. The first-order valence-electron chi connectivity index (χ1n) is 4.02. The third kappa shape index (κ3) is 2.19. The maximum absolute atomic E-state index is 11.1. The average Bonchev–Trinajstić information content (AvgIpc) is 2.17. The van der Waals surface area contributed by atoms with Gasteiger partial charge in [-0.3, -0.25) is 4.79 Å². The van der Waals surface area contributed by atoms with Crippen LogP contribution in [0.2, 0.25) is 0 Å². The molecule has 0 radical (unpaired) electrons. The summed E-state index contributed by atoms with van der Waals surface area (Å²) in [5.74, 6) is 5.49. The predicted molar refractivity (Wildman–Crippen MR) is 50.1 cm³/mol. The molecule has 0 saturated heterocycles. The van der Waals surface area contributed by atoms with Gasteiger partial charge >= 0.3 is 0 Å². The number of phenols is 1. The van der Waals surface area contributed by atoms with E-state index in [0.717, 1.165) is 5.01 Å². The number of hydrogen-bond acceptors (Lipinski definition) is 3. The summed E-state index contributed by atoms with van der Waals surface area (Å²) in [4.78, 5) is 11.1. The first-order chi connectivity index (χ1) is 6.15. The van der Waals surface area contributed by atoms with Gasteiger partial charge in [-0.1, -0.05) is 6.92 Å². The summed E-state index contributed by atoms with van der Waals surface area (Å²) < 4.78 is 0. The van der Waals surface area contributed by atoms with Crippen molar-refractivity contribution in [3.05, 3.63) is 24.3 Å². The Morgan fingerprint density at radius 1 is 1.46 bits per heavy atom. The lowest BCUT2D eigenvalue weighted by atomic mass is 10.3. The standard InChI is InChI=1S/C9H12N2O2/c1-2-9(13)11(10)7-3-5-8(12)6-4-7/h3-6,12H,2,10H2,1H3. The van der Waals surface area contributed by atoms with E-state index in [1.54, 1.807) is 19.1 Å². The van der Waals surface area contributed by atoms with Crippen LogP contribution in [0.1, 0.15) is 13.3 Å². The minimum Gasteiger partial charge on any atom is -0.508 e. The Morgan fingerprint density at radius 2 is 2.00 bits per heavy atom. The molecule has 4 nitrogen and oxygen atoms in total. The summed E-state index contributed by atoms with van der Waals surface area (Å²) in [5.41, 5.74) is 0.574. The zero-order valence-corrected chi connectivity index (χ0v) is 7.40. The Balaban J connectivity index is 2.83. The zero-order valence-electron chi connectivity index (χ0n) is 7.40. The van der Waals surface area contributed by atoms with E-state index >= 15 is 0 Å². The lowest BCUT2D eigenvalue weighted by Gasteiger charge is -2.15. The average molecular weight is 180 g/mol. The quantitative estimate of drug-likeness (QED) is 0.405. The Morgan fingerprint density at radius 3 is 2.46 bits per heavy atom. The van der Waals surface area contributed by atoms with Gasteiger partial charge in [-0.15, -0.1) is 0 Å². The highest BCUT2D eigenvalue weighted by Gasteiger charge is 2.08. The third-order valence-corrected chi connectivity index (χ3v) is 1.70. The van der Waals surface area contributed by atoms with Gasteiger partial charge in [0.2, 0.25) is 5.91 Å². The van der Waals surface area contributed by atoms with Gasteiger partial charge in [0, 0.05) is 6.42 Å². The molecule has 0 aliphatic heterocycles. The fourth-order valence-corrected chi connectivity index (χ4v) is 0.928. The van der Waals surface area contributed by atoms with Gasteiger partial charge in [-0.25, -0.2) is 10.9 Å². The third-order valence-electron chi connectivity index (χ3n) is 1.70. The van der Waals surface area contributed by atoms with Crippen LogP contribution in [0.15, 0.2) is 24.3 Å². The van der Waals surface area contributed by atoms with E-state index in [1.807, 2.05) is 0 Å². The molecular weight excluding hydrogens is 168 g/mol. The number of carbonyl (C=O) groups is 1. The van der Waals surface area contributed by atoms with E-state index in [-0.39, 0.29) is 11.7 Å². The number of hydrogen-bond donors (Lipinski definition) is 2. The first-order valence-corrected chi connectivity index (χ1v) is 4.02. The molecule has 3 N–H and O–H groups in total. The number of nitrogens with zero attached hydrogens (tertiary/aromatic N) is 1. The second kappa shape index (κ2) is 3.91. The molecule has 0 fully saturated rings. The number of phenolic OH excluding ortho intramolecular Hbond substituents is 1. The second-order valence-corrected chi connectivity index (χ2v) is 2.63. The van der Waals surface area contributed by atoms with Gasteiger partial charge in [-0.05, 0) is 24.3 Å². The molecule has 0 saturated carbocycles. The van der Waals surface area contributed by atoms with Crippen molar-refractivity contribution in [1.82, 2.24) is 0 Å². The second-order valence-electron chi connectivity index (χ2n) is 2.63. The van der Waals surface area contributed by atoms with Crippen LogP contribution in [0.4, 0.5) is 5.69 Å². The number of benzene rings is 1. The van der Waals surface area contributed by atoms with E-state index in [0.29, 0.717) is 12.1 Å². The maximum atomic E-state index is 11.1. The molecular formula is C9H12N2O2. The van der Waals surface area contributed by atoms with Crippen LogP contribution in [0.25, 0.3) is 0 Å². The minimum absolute atomic E-state index is 0.154. The van der Waals surface area contributed by atoms with E-state index < -0.39 is 0 Å². The van der Waals surface area contributed by atoms with Crippen LogP contribution >= 0.6 is 0 Å². The molecule has 0 unspecified atom stereocenters. The van der Waals surface area contributed by atoms with Crippen LogP contribution in [0.3, 0.4) is 0 Å². The highest BCUT2D eigenvalue weighted by molar-refractivity contribution is 5.91. The van der Waals surface area contributed by atoms with Gasteiger partial charge in [0.05, 0.1) is 5.69 Å². The molecule has 1 aromatic carbocycles. The Kier molecular flexibility index (Phi) is 2.87. The van der Waals surface area contributed by atoms with Gasteiger partial charge in [-0.2, -0.15) is 0 Å². The molecule has 13 heavy (non-hydrogen) atoms. The van der Waals surface area contributed by atoms with Crippen LogP contribution < -0.4 is 10.9 Å². The van der Waals surface area contributed by atoms with E-state index in [4.69, 9.17) is 10.9 Å². The fraction of sp³-hybridized carbons (Fsp3) is 0.222. The van der Waals surface area contributed by atoms with Crippen molar-refractivity contribution in [1.29, 1.82) is 0 Å². The molecule has 1 aromatic rings. The summed E-state index contributed by atoms with van der Waals surface area (Å²) in [7, 11) is 0. The van der Waals surface area contributed by atoms with E-state index in [1.165, 1.54) is 12.1 Å². The smallest absolute Gasteiger partial charge is 0.240 e. The Hall–Kier alpha value is -1.55. The summed E-state index contributed by atoms with van der Waals surface area (Å²) in [6, 6.07) is 6.14. The molecule has 0 bridgehead atoms. The van der Waals surface area contributed by atoms with Crippen molar-refractivity contribution in [2.24, 2.45) is 5.84 Å². The van der Waals surface area contributed by atoms with Crippen LogP contribution in [-0.2, 0) is 4.79 Å². The summed E-state index contributed by atoms with van der Waals surface area (Å²) in [6.45, 7) is 1.74. The van der Waals surface area contributed by atoms with Crippen molar-refractivity contribution in [3.8, 4) is 5.75 Å². The van der Waals surface area contributed by atoms with Crippen molar-refractivity contribution >= 4 is 11.6 Å². The predicted octanol–water partition coefficient (Wildman–Crippen LogP) is 1.01. The van der Waals surface area contributed by atoms with E-state index in [9.17, 15) is 4.79 Å². The topological polar surface area (TPSA) is 66.6 Å². The molecule has 0 aliphatic carbocycles. The highest BCUT2D eigenvalue weighted by atomic mass is 16.3. The van der Waals surface area contributed by atoms with Crippen LogP contribution in [0, 0.1) is 0 Å². The summed E-state index contributed by atoms with van der Waals surface area (Å²) >= 11 is 0. The molecule has 1 rings (SSSR count). The normalized spacial score (nSPS) is 9.69. The molecule has 1 amide bonds. The molecule has 0 atom stereocenters. The van der Waals surface area contributed by atoms with Crippen molar-refractivity contribution in [2.75, 3.05) is 5.01 Å². The monoisotopic (exact) mass is 180 g/mol. The van der Waals surface area contributed by atoms with Crippen molar-refractivity contribution < 1.29 is 9.90 Å². The molecule has 70 valence electrons. The lowest BCUT2D eigenvalue weighted by molar-refractivity contribution is -0.118. The largest absolute Gasteiger partial charge is 0.508 e. The fourth-order valence-electron chi connectivity index (χ4n) is 0.928. The van der Waals surface area contributed by atoms with Crippen molar-refractivity contribution in [3.63, 3.8) is 0 Å². The maximum Gasteiger partial charge on any atom is 0.240 e. The Labute approximate surface area is 76.6 Å². The van der Waals surface area contributed by atoms with Gasteiger partial charge < -0.3 is 5.11 Å². The van der Waals surface area contributed by atoms with Crippen LogP contribution in [-0.4, -0.2) is 11.0 Å². The molecule has 0 aromatic heterocycles. The first kappa shape index (κ1) is 9.54. The number of hydrazine groups is 1. The van der Waals surface area contributed by atoms with Gasteiger partial charge in [0.15, 0.2) is 0 Å². The van der Waals surface area contributed by atoms with Crippen LogP contribution in [0.5, 0.6) is 5.75 Å². The zero-order chi connectivity index (χ0) is 9.84. The number of anilines is 1. The number of nitrogens with two attached hydrogens (primary N) is 1. The minimum atomic E-state index is -0.161. The summed E-state index contributed by atoms with van der Waals surface area (Å²) in [6.07, 6.45) is 0.359. The number of carbonyl (C=O) groups excluding carboxylic acids is 1. The molecule has 4 heteroatoms. The Bertz CT molecular complexity index is 295. The van der Waals surface area contributed by atoms with E-state index in [2.05, 4.69) is 0 Å². The van der Waals surface area contributed by atoms with Crippen molar-refractivity contribution in [2.45, 2.75) is 13.3 Å². The SMILES string of the molecule is CCC(=O)N(N)c1ccc(O)cc1. The number of rotatable bonds is 2. The number of amides is 1. The molecule has 0 aliphatic rings. The number of aromatic hydroxyl groups is 1.